The summed E-state index contributed by atoms with van der Waals surface area (Å²) in [7, 11) is 0. The molecule has 0 spiro atoms. The van der Waals surface area contributed by atoms with Crippen LogP contribution < -0.4 is 5.32 Å². The lowest BCUT2D eigenvalue weighted by Gasteiger charge is -2.03. The maximum Gasteiger partial charge on any atom is -0.00143 e. The Kier molecular flexibility index (Phi) is 7.44. The number of aryl methyl sites for hydroxylation is 1. The van der Waals surface area contributed by atoms with Crippen molar-refractivity contribution in [2.75, 3.05) is 13.1 Å². The highest BCUT2D eigenvalue weighted by atomic mass is 14.8. The van der Waals surface area contributed by atoms with Crippen molar-refractivity contribution in [3.8, 4) is 0 Å². The molecule has 0 radical (unpaired) electrons. The van der Waals surface area contributed by atoms with Gasteiger partial charge in [0.15, 0.2) is 0 Å². The van der Waals surface area contributed by atoms with Gasteiger partial charge in [0.25, 0.3) is 0 Å². The number of benzene rings is 1. The molecule has 1 nitrogen and oxygen atoms in total. The van der Waals surface area contributed by atoms with Crippen LogP contribution in [0.3, 0.4) is 0 Å². The molecule has 0 fully saturated rings. The monoisotopic (exact) mass is 217 g/mol. The third-order valence-electron chi connectivity index (χ3n) is 2.64. The lowest BCUT2D eigenvalue weighted by molar-refractivity contribution is 0.626. The van der Waals surface area contributed by atoms with E-state index in [1.165, 1.54) is 24.8 Å². The van der Waals surface area contributed by atoms with E-state index in [1.54, 1.807) is 0 Å². The molecular formula is C15H23N. The van der Waals surface area contributed by atoms with E-state index in [4.69, 9.17) is 0 Å². The molecule has 0 aliphatic heterocycles. The Morgan fingerprint density at radius 2 is 1.88 bits per heavy atom. The Balaban J connectivity index is 1.92. The first-order chi connectivity index (χ1) is 7.93. The number of hydrogen-bond donors (Lipinski definition) is 1. The molecule has 0 heterocycles. The third-order valence-corrected chi connectivity index (χ3v) is 2.64. The van der Waals surface area contributed by atoms with Gasteiger partial charge in [0.2, 0.25) is 0 Å². The van der Waals surface area contributed by atoms with E-state index in [-0.39, 0.29) is 0 Å². The predicted octanol–water partition coefficient (Wildman–Crippen LogP) is 3.57. The van der Waals surface area contributed by atoms with Gasteiger partial charge in [0.05, 0.1) is 0 Å². The van der Waals surface area contributed by atoms with Gasteiger partial charge in [-0.3, -0.25) is 0 Å². The van der Waals surface area contributed by atoms with E-state index in [0.717, 1.165) is 19.5 Å². The molecule has 0 atom stereocenters. The molecule has 0 aliphatic carbocycles. The lowest BCUT2D eigenvalue weighted by atomic mass is 10.1. The van der Waals surface area contributed by atoms with Crippen LogP contribution in [0.25, 0.3) is 0 Å². The summed E-state index contributed by atoms with van der Waals surface area (Å²) >= 11 is 0. The molecule has 1 N–H and O–H groups in total. The molecule has 0 aromatic heterocycles. The van der Waals surface area contributed by atoms with Gasteiger partial charge >= 0.3 is 0 Å². The summed E-state index contributed by atoms with van der Waals surface area (Å²) in [5.74, 6) is 0. The van der Waals surface area contributed by atoms with E-state index in [2.05, 4.69) is 54.7 Å². The first kappa shape index (κ1) is 13.0. The second kappa shape index (κ2) is 9.17. The zero-order valence-corrected chi connectivity index (χ0v) is 10.3. The molecule has 0 amide bonds. The van der Waals surface area contributed by atoms with Gasteiger partial charge in [-0.05, 0) is 51.3 Å². The smallest absolute Gasteiger partial charge is 0.00143 e. The molecule has 0 saturated carbocycles. The molecule has 1 rings (SSSR count). The first-order valence-electron chi connectivity index (χ1n) is 6.29. The molecule has 1 heteroatoms. The van der Waals surface area contributed by atoms with E-state index in [1.807, 2.05) is 0 Å². The topological polar surface area (TPSA) is 12.0 Å². The highest BCUT2D eigenvalue weighted by Gasteiger charge is 1.91. The zero-order valence-electron chi connectivity index (χ0n) is 10.3. The zero-order chi connectivity index (χ0) is 11.5. The maximum absolute atomic E-state index is 3.46. The molecule has 0 saturated heterocycles. The normalized spacial score (nSPS) is 11.1. The largest absolute Gasteiger partial charge is 0.316 e. The average Bonchev–Trinajstić information content (AvgIpc) is 2.34. The fraction of sp³-hybridized carbons (Fsp3) is 0.467. The van der Waals surface area contributed by atoms with Gasteiger partial charge in [-0.2, -0.15) is 0 Å². The number of hydrogen-bond acceptors (Lipinski definition) is 1. The summed E-state index contributed by atoms with van der Waals surface area (Å²) in [5.41, 5.74) is 1.46. The summed E-state index contributed by atoms with van der Waals surface area (Å²) in [6, 6.07) is 10.7. The number of allylic oxidation sites excluding steroid dienone is 1. The van der Waals surface area contributed by atoms with Crippen molar-refractivity contribution in [2.24, 2.45) is 0 Å². The Morgan fingerprint density at radius 3 is 2.62 bits per heavy atom. The molecule has 16 heavy (non-hydrogen) atoms. The minimum absolute atomic E-state index is 1.11. The highest BCUT2D eigenvalue weighted by molar-refractivity contribution is 5.14. The Bertz CT molecular complexity index is 277. The molecule has 0 unspecified atom stereocenters. The van der Waals surface area contributed by atoms with Gasteiger partial charge < -0.3 is 5.32 Å². The fourth-order valence-corrected chi connectivity index (χ4v) is 1.70. The number of nitrogens with one attached hydrogen (secondary N) is 1. The van der Waals surface area contributed by atoms with Crippen molar-refractivity contribution in [3.05, 3.63) is 48.0 Å². The van der Waals surface area contributed by atoms with E-state index in [0.29, 0.717) is 0 Å². The molecule has 0 bridgehead atoms. The average molecular weight is 217 g/mol. The third kappa shape index (κ3) is 6.41. The van der Waals surface area contributed by atoms with Crippen molar-refractivity contribution < 1.29 is 0 Å². The van der Waals surface area contributed by atoms with Crippen molar-refractivity contribution in [1.29, 1.82) is 0 Å². The summed E-state index contributed by atoms with van der Waals surface area (Å²) in [5, 5.41) is 3.46. The summed E-state index contributed by atoms with van der Waals surface area (Å²) in [4.78, 5) is 0. The standard InChI is InChI=1S/C15H23N/c1-2-3-8-13-16-14-9-7-12-15-10-5-4-6-11-15/h2-6,10-11,16H,7-9,12-14H2,1H3/b3-2+. The Hall–Kier alpha value is -1.08. The van der Waals surface area contributed by atoms with Crippen LogP contribution in [-0.4, -0.2) is 13.1 Å². The number of rotatable bonds is 8. The van der Waals surface area contributed by atoms with Gasteiger partial charge in [0, 0.05) is 0 Å². The van der Waals surface area contributed by atoms with E-state index in [9.17, 15) is 0 Å². The van der Waals surface area contributed by atoms with Crippen LogP contribution in [0.15, 0.2) is 42.5 Å². The van der Waals surface area contributed by atoms with Crippen LogP contribution in [0.1, 0.15) is 31.7 Å². The minimum Gasteiger partial charge on any atom is -0.316 e. The Morgan fingerprint density at radius 1 is 1.06 bits per heavy atom. The minimum atomic E-state index is 1.11. The van der Waals surface area contributed by atoms with Crippen molar-refractivity contribution >= 4 is 0 Å². The second-order valence-corrected chi connectivity index (χ2v) is 4.05. The fourth-order valence-electron chi connectivity index (χ4n) is 1.70. The molecule has 1 aromatic rings. The van der Waals surface area contributed by atoms with E-state index < -0.39 is 0 Å². The van der Waals surface area contributed by atoms with Crippen LogP contribution in [0.2, 0.25) is 0 Å². The van der Waals surface area contributed by atoms with Crippen LogP contribution in [-0.2, 0) is 6.42 Å². The maximum atomic E-state index is 3.46. The summed E-state index contributed by atoms with van der Waals surface area (Å²) in [6.45, 7) is 4.32. The van der Waals surface area contributed by atoms with Crippen LogP contribution in [0.4, 0.5) is 0 Å². The first-order valence-corrected chi connectivity index (χ1v) is 6.29. The quantitative estimate of drug-likeness (QED) is 0.518. The highest BCUT2D eigenvalue weighted by Crippen LogP contribution is 2.03. The van der Waals surface area contributed by atoms with Crippen LogP contribution in [0.5, 0.6) is 0 Å². The number of unbranched alkanes of at least 4 members (excludes halogenated alkanes) is 1. The van der Waals surface area contributed by atoms with Gasteiger partial charge in [-0.1, -0.05) is 42.5 Å². The van der Waals surface area contributed by atoms with E-state index >= 15 is 0 Å². The Labute approximate surface area is 99.6 Å². The van der Waals surface area contributed by atoms with Crippen molar-refractivity contribution in [1.82, 2.24) is 5.32 Å². The van der Waals surface area contributed by atoms with Crippen molar-refractivity contribution in [2.45, 2.75) is 32.6 Å². The predicted molar refractivity (Wildman–Crippen MR) is 71.7 cm³/mol. The summed E-state index contributed by atoms with van der Waals surface area (Å²) < 4.78 is 0. The van der Waals surface area contributed by atoms with Crippen LogP contribution in [0, 0.1) is 0 Å². The molecule has 0 aliphatic rings. The van der Waals surface area contributed by atoms with Crippen LogP contribution >= 0.6 is 0 Å². The SMILES string of the molecule is C/C=C/CCNCCCCc1ccccc1. The lowest BCUT2D eigenvalue weighted by Crippen LogP contribution is -2.16. The van der Waals surface area contributed by atoms with Gasteiger partial charge in [-0.15, -0.1) is 0 Å². The summed E-state index contributed by atoms with van der Waals surface area (Å²) in [6.07, 6.45) is 9.21. The van der Waals surface area contributed by atoms with Gasteiger partial charge in [-0.25, -0.2) is 0 Å². The molecule has 88 valence electrons. The van der Waals surface area contributed by atoms with Crippen molar-refractivity contribution in [3.63, 3.8) is 0 Å². The molecular weight excluding hydrogens is 194 g/mol. The molecule has 1 aromatic carbocycles. The second-order valence-electron chi connectivity index (χ2n) is 4.05. The van der Waals surface area contributed by atoms with Gasteiger partial charge in [0.1, 0.15) is 0 Å².